The van der Waals surface area contributed by atoms with Crippen LogP contribution in [0.25, 0.3) is 0 Å². The standard InChI is InChI=1S/2C6H7NS.2ClH.Sn/c2*1-5-2-3-6(8)7-4-5;;;/h2*2-4H,1H3,(H,7,8);2*1H;/q;;;;+4/p-4. The fourth-order valence-electron chi connectivity index (χ4n) is 1.29. The van der Waals surface area contributed by atoms with Gasteiger partial charge < -0.3 is 0 Å². The van der Waals surface area contributed by atoms with Crippen molar-refractivity contribution in [3.63, 3.8) is 0 Å². The molecular weight excluding hydrogens is 426 g/mol. The first kappa shape index (κ1) is 15.8. The summed E-state index contributed by atoms with van der Waals surface area (Å²) in [7, 11) is 16.0. The zero-order valence-corrected chi connectivity index (χ0v) is 16.4. The Kier molecular flexibility index (Phi) is 5.72. The average Bonchev–Trinajstić information content (AvgIpc) is 2.34. The topological polar surface area (TPSA) is 25.8 Å². The Labute approximate surface area is 129 Å². The van der Waals surface area contributed by atoms with Crippen molar-refractivity contribution >= 4 is 49.1 Å². The molecule has 2 aromatic heterocycles. The first-order valence-electron chi connectivity index (χ1n) is 5.56. The number of aryl methyl sites for hydroxylation is 2. The number of hydrogen-bond donors (Lipinski definition) is 0. The van der Waals surface area contributed by atoms with E-state index in [-0.39, 0.29) is 0 Å². The summed E-state index contributed by atoms with van der Waals surface area (Å²) in [6, 6.07) is 7.94. The molecule has 2 heterocycles. The van der Waals surface area contributed by atoms with E-state index in [9.17, 15) is 0 Å². The summed E-state index contributed by atoms with van der Waals surface area (Å²) in [6.45, 7) is 4.01. The second kappa shape index (κ2) is 6.89. The monoisotopic (exact) mass is 438 g/mol. The van der Waals surface area contributed by atoms with Gasteiger partial charge in [-0.1, -0.05) is 0 Å². The average molecular weight is 438 g/mol. The Hall–Kier alpha value is 0.379. The molecule has 0 unspecified atom stereocenters. The molecule has 0 spiro atoms. The van der Waals surface area contributed by atoms with E-state index in [1.54, 1.807) is 0 Å². The van der Waals surface area contributed by atoms with Crippen molar-refractivity contribution in [2.45, 2.75) is 23.9 Å². The molecule has 0 aliphatic heterocycles. The number of aromatic nitrogens is 2. The van der Waals surface area contributed by atoms with E-state index in [4.69, 9.17) is 17.8 Å². The Bertz CT molecular complexity index is 497. The van der Waals surface area contributed by atoms with Crippen molar-refractivity contribution in [2.75, 3.05) is 0 Å². The van der Waals surface area contributed by atoms with Gasteiger partial charge in [-0.05, 0) is 0 Å². The second-order valence-electron chi connectivity index (χ2n) is 4.02. The Balaban J connectivity index is 2.05. The van der Waals surface area contributed by atoms with E-state index in [1.807, 2.05) is 50.5 Å². The third-order valence-electron chi connectivity index (χ3n) is 2.22. The van der Waals surface area contributed by atoms with Gasteiger partial charge in [-0.3, -0.25) is 0 Å². The fraction of sp³-hybridized carbons (Fsp3) is 0.167. The molecule has 0 aromatic carbocycles. The number of pyridine rings is 2. The zero-order chi connectivity index (χ0) is 13.9. The van der Waals surface area contributed by atoms with Crippen LogP contribution in [0.15, 0.2) is 46.7 Å². The molecule has 0 amide bonds. The molecule has 2 nitrogen and oxygen atoms in total. The van der Waals surface area contributed by atoms with Gasteiger partial charge in [-0.25, -0.2) is 0 Å². The van der Waals surface area contributed by atoms with Gasteiger partial charge in [0.05, 0.1) is 0 Å². The summed E-state index contributed by atoms with van der Waals surface area (Å²) in [5, 5.41) is 1.76. The Morgan fingerprint density at radius 3 is 1.58 bits per heavy atom. The molecule has 0 bridgehead atoms. The molecule has 0 aliphatic rings. The zero-order valence-electron chi connectivity index (χ0n) is 10.4. The van der Waals surface area contributed by atoms with Gasteiger partial charge in [0.1, 0.15) is 0 Å². The van der Waals surface area contributed by atoms with E-state index >= 15 is 0 Å². The maximum absolute atomic E-state index is 6.51. The van der Waals surface area contributed by atoms with Crippen molar-refractivity contribution in [1.29, 1.82) is 0 Å². The molecule has 0 fully saturated rings. The molecule has 100 valence electrons. The van der Waals surface area contributed by atoms with Crippen molar-refractivity contribution in [3.8, 4) is 0 Å². The molecule has 0 saturated heterocycles. The van der Waals surface area contributed by atoms with Gasteiger partial charge in [0, 0.05) is 0 Å². The third-order valence-corrected chi connectivity index (χ3v) is 20.8. The molecule has 2 rings (SSSR count). The third kappa shape index (κ3) is 5.34. The summed E-state index contributed by atoms with van der Waals surface area (Å²) in [5.74, 6) is 0. The van der Waals surface area contributed by atoms with Gasteiger partial charge in [-0.2, -0.15) is 0 Å². The quantitative estimate of drug-likeness (QED) is 0.636. The Morgan fingerprint density at radius 2 is 1.26 bits per heavy atom. The van der Waals surface area contributed by atoms with Crippen molar-refractivity contribution in [2.24, 2.45) is 0 Å². The summed E-state index contributed by atoms with van der Waals surface area (Å²) < 4.78 is 0. The normalized spacial score (nSPS) is 11.6. The summed E-state index contributed by atoms with van der Waals surface area (Å²) in [5.41, 5.74) is 2.25. The van der Waals surface area contributed by atoms with Crippen LogP contribution in [0.4, 0.5) is 0 Å². The number of hydrogen-bond acceptors (Lipinski definition) is 4. The van der Waals surface area contributed by atoms with Crippen LogP contribution in [0.3, 0.4) is 0 Å². The molecule has 0 radical (unpaired) electrons. The Morgan fingerprint density at radius 1 is 0.842 bits per heavy atom. The second-order valence-corrected chi connectivity index (χ2v) is 36.3. The molecule has 0 N–H and O–H groups in total. The molecule has 0 atom stereocenters. The summed E-state index contributed by atoms with van der Waals surface area (Å²) >= 11 is -3.34. The van der Waals surface area contributed by atoms with Crippen LogP contribution in [0.1, 0.15) is 11.1 Å². The van der Waals surface area contributed by atoms with Crippen molar-refractivity contribution in [3.05, 3.63) is 47.8 Å². The predicted octanol–water partition coefficient (Wildman–Crippen LogP) is 4.89. The van der Waals surface area contributed by atoms with Gasteiger partial charge in [0.2, 0.25) is 0 Å². The minimum atomic E-state index is -3.34. The molecular formula is C12H12Cl2N2S2Sn. The SMILES string of the molecule is Cc1ccc([S][Sn]([Cl])([Cl])[S]c2ccc(C)cn2)nc1. The van der Waals surface area contributed by atoms with Gasteiger partial charge in [0.25, 0.3) is 0 Å². The van der Waals surface area contributed by atoms with Gasteiger partial charge in [0.15, 0.2) is 0 Å². The summed E-state index contributed by atoms with van der Waals surface area (Å²) in [6.07, 6.45) is 3.65. The van der Waals surface area contributed by atoms with Crippen LogP contribution in [0.5, 0.6) is 0 Å². The molecule has 0 saturated carbocycles. The first-order valence-corrected chi connectivity index (χ1v) is 21.4. The summed E-state index contributed by atoms with van der Waals surface area (Å²) in [4.78, 5) is 8.66. The number of halogens is 2. The molecule has 0 aliphatic carbocycles. The maximum atomic E-state index is 6.51. The predicted molar refractivity (Wildman–Crippen MR) is 87.1 cm³/mol. The minimum absolute atomic E-state index is 0.881. The fourth-order valence-corrected chi connectivity index (χ4v) is 19.5. The molecule has 19 heavy (non-hydrogen) atoms. The van der Waals surface area contributed by atoms with Crippen LogP contribution in [-0.2, 0) is 0 Å². The first-order chi connectivity index (χ1) is 8.94. The van der Waals surface area contributed by atoms with E-state index in [0.717, 1.165) is 21.2 Å². The van der Waals surface area contributed by atoms with E-state index < -0.39 is 13.4 Å². The van der Waals surface area contributed by atoms with Gasteiger partial charge in [-0.15, -0.1) is 0 Å². The van der Waals surface area contributed by atoms with E-state index in [2.05, 4.69) is 9.97 Å². The van der Waals surface area contributed by atoms with Crippen LogP contribution >= 0.6 is 35.7 Å². The van der Waals surface area contributed by atoms with E-state index in [0.29, 0.717) is 0 Å². The molecule has 7 heteroatoms. The molecule has 2 aromatic rings. The van der Waals surface area contributed by atoms with Crippen LogP contribution in [0.2, 0.25) is 0 Å². The van der Waals surface area contributed by atoms with Crippen LogP contribution < -0.4 is 0 Å². The number of nitrogens with zero attached hydrogens (tertiary/aromatic N) is 2. The van der Waals surface area contributed by atoms with Crippen LogP contribution in [-0.4, -0.2) is 23.3 Å². The van der Waals surface area contributed by atoms with Crippen LogP contribution in [0, 0.1) is 13.8 Å². The number of rotatable bonds is 4. The van der Waals surface area contributed by atoms with Crippen molar-refractivity contribution < 1.29 is 0 Å². The van der Waals surface area contributed by atoms with E-state index in [1.165, 1.54) is 17.9 Å². The van der Waals surface area contributed by atoms with Crippen molar-refractivity contribution in [1.82, 2.24) is 9.97 Å². The van der Waals surface area contributed by atoms with Gasteiger partial charge >= 0.3 is 131 Å².